The number of ether oxygens (including phenoxy) is 1. The zero-order valence-electron chi connectivity index (χ0n) is 17.4. The van der Waals surface area contributed by atoms with Gasteiger partial charge in [-0.15, -0.1) is 0 Å². The second kappa shape index (κ2) is 8.62. The summed E-state index contributed by atoms with van der Waals surface area (Å²) in [7, 11) is 0. The number of aromatic nitrogens is 3. The van der Waals surface area contributed by atoms with Crippen LogP contribution in [0.2, 0.25) is 5.02 Å². The summed E-state index contributed by atoms with van der Waals surface area (Å²) in [6.07, 6.45) is 0. The molecule has 0 bridgehead atoms. The maximum Gasteiger partial charge on any atom is 0.275 e. The van der Waals surface area contributed by atoms with Gasteiger partial charge in [0.2, 0.25) is 0 Å². The van der Waals surface area contributed by atoms with Gasteiger partial charge in [0.05, 0.1) is 10.7 Å². The van der Waals surface area contributed by atoms with Crippen LogP contribution in [0.1, 0.15) is 27.4 Å². The smallest absolute Gasteiger partial charge is 0.275 e. The first-order chi connectivity index (χ1) is 14.9. The molecule has 2 heterocycles. The number of carbonyl (C=O) groups is 1. The highest BCUT2D eigenvalue weighted by Gasteiger charge is 2.16. The van der Waals surface area contributed by atoms with Crippen LogP contribution in [0.5, 0.6) is 11.5 Å². The fraction of sp³-hybridized carbons (Fsp3) is 0.125. The van der Waals surface area contributed by atoms with Crippen molar-refractivity contribution in [3.63, 3.8) is 0 Å². The van der Waals surface area contributed by atoms with Crippen LogP contribution in [0.15, 0.2) is 66.7 Å². The molecule has 2 aromatic heterocycles. The Balaban J connectivity index is 1.49. The standard InChI is InChI=1S/C24H21ClN4O2/c1-15-4-8-19(9-5-15)31-20-10-6-18(7-11-20)26-24(30)23-21(25)12-13-22(27-23)29-17(3)14-16(2)28-29/h4-14H,1-3H3,(H,26,30). The van der Waals surface area contributed by atoms with Gasteiger partial charge in [0, 0.05) is 11.4 Å². The van der Waals surface area contributed by atoms with E-state index in [1.54, 1.807) is 41.1 Å². The van der Waals surface area contributed by atoms with Gasteiger partial charge in [0.15, 0.2) is 5.82 Å². The van der Waals surface area contributed by atoms with Crippen LogP contribution in [-0.2, 0) is 0 Å². The molecule has 0 saturated carbocycles. The summed E-state index contributed by atoms with van der Waals surface area (Å²) < 4.78 is 7.50. The summed E-state index contributed by atoms with van der Waals surface area (Å²) in [6.45, 7) is 5.85. The topological polar surface area (TPSA) is 69.0 Å². The number of benzene rings is 2. The predicted molar refractivity (Wildman–Crippen MR) is 121 cm³/mol. The molecule has 0 unspecified atom stereocenters. The zero-order valence-corrected chi connectivity index (χ0v) is 18.1. The molecule has 0 aliphatic rings. The van der Waals surface area contributed by atoms with Crippen LogP contribution < -0.4 is 10.1 Å². The maximum absolute atomic E-state index is 12.8. The molecule has 4 aromatic rings. The van der Waals surface area contributed by atoms with Crippen molar-refractivity contribution in [2.24, 2.45) is 0 Å². The molecule has 7 heteroatoms. The van der Waals surface area contributed by atoms with Crippen LogP contribution in [0, 0.1) is 20.8 Å². The normalized spacial score (nSPS) is 10.7. The van der Waals surface area contributed by atoms with E-state index in [0.29, 0.717) is 17.3 Å². The summed E-state index contributed by atoms with van der Waals surface area (Å²) in [4.78, 5) is 17.2. The number of pyridine rings is 1. The van der Waals surface area contributed by atoms with Gasteiger partial charge in [-0.2, -0.15) is 5.10 Å². The molecule has 31 heavy (non-hydrogen) atoms. The molecule has 0 aliphatic carbocycles. The lowest BCUT2D eigenvalue weighted by atomic mass is 10.2. The Kier molecular flexibility index (Phi) is 5.73. The first-order valence-corrected chi connectivity index (χ1v) is 10.1. The molecular weight excluding hydrogens is 412 g/mol. The predicted octanol–water partition coefficient (Wildman–Crippen LogP) is 5.89. The van der Waals surface area contributed by atoms with E-state index in [9.17, 15) is 4.79 Å². The Labute approximate surface area is 185 Å². The third kappa shape index (κ3) is 4.75. The van der Waals surface area contributed by atoms with Crippen molar-refractivity contribution in [2.75, 3.05) is 5.32 Å². The Bertz CT molecular complexity index is 1230. The van der Waals surface area contributed by atoms with Gasteiger partial charge < -0.3 is 10.1 Å². The summed E-state index contributed by atoms with van der Waals surface area (Å²) in [5, 5.41) is 7.50. The Hall–Kier alpha value is -3.64. The molecule has 6 nitrogen and oxygen atoms in total. The van der Waals surface area contributed by atoms with Crippen molar-refractivity contribution in [1.29, 1.82) is 0 Å². The summed E-state index contributed by atoms with van der Waals surface area (Å²) in [5.74, 6) is 1.55. The number of hydrogen-bond donors (Lipinski definition) is 1. The van der Waals surface area contributed by atoms with Gasteiger partial charge in [0.25, 0.3) is 5.91 Å². The van der Waals surface area contributed by atoms with E-state index in [1.807, 2.05) is 51.1 Å². The minimum Gasteiger partial charge on any atom is -0.457 e. The van der Waals surface area contributed by atoms with Crippen molar-refractivity contribution in [3.8, 4) is 17.3 Å². The van der Waals surface area contributed by atoms with Gasteiger partial charge in [-0.25, -0.2) is 9.67 Å². The van der Waals surface area contributed by atoms with Crippen molar-refractivity contribution in [3.05, 3.63) is 94.4 Å². The van der Waals surface area contributed by atoms with E-state index >= 15 is 0 Å². The largest absolute Gasteiger partial charge is 0.457 e. The number of nitrogens with zero attached hydrogens (tertiary/aromatic N) is 3. The highest BCUT2D eigenvalue weighted by atomic mass is 35.5. The summed E-state index contributed by atoms with van der Waals surface area (Å²) >= 11 is 6.24. The molecular formula is C24H21ClN4O2. The molecule has 0 fully saturated rings. The fourth-order valence-corrected chi connectivity index (χ4v) is 3.30. The number of anilines is 1. The Morgan fingerprint density at radius 1 is 0.935 bits per heavy atom. The zero-order chi connectivity index (χ0) is 22.0. The van der Waals surface area contributed by atoms with Crippen LogP contribution in [0.25, 0.3) is 5.82 Å². The Morgan fingerprint density at radius 2 is 1.58 bits per heavy atom. The van der Waals surface area contributed by atoms with Crippen LogP contribution >= 0.6 is 11.6 Å². The molecule has 0 radical (unpaired) electrons. The summed E-state index contributed by atoms with van der Waals surface area (Å²) in [5.41, 5.74) is 3.69. The van der Waals surface area contributed by atoms with Crippen molar-refractivity contribution >= 4 is 23.2 Å². The molecule has 1 amide bonds. The fourth-order valence-electron chi connectivity index (χ4n) is 3.11. The van der Waals surface area contributed by atoms with E-state index in [2.05, 4.69) is 15.4 Å². The molecule has 2 aromatic carbocycles. The molecule has 156 valence electrons. The first-order valence-electron chi connectivity index (χ1n) is 9.75. The minimum atomic E-state index is -0.402. The van der Waals surface area contributed by atoms with Crippen molar-refractivity contribution in [1.82, 2.24) is 14.8 Å². The number of hydrogen-bond acceptors (Lipinski definition) is 4. The minimum absolute atomic E-state index is 0.131. The third-order valence-corrected chi connectivity index (χ3v) is 4.95. The number of carbonyl (C=O) groups excluding carboxylic acids is 1. The molecule has 0 aliphatic heterocycles. The van der Waals surface area contributed by atoms with E-state index in [-0.39, 0.29) is 10.7 Å². The molecule has 4 rings (SSSR count). The van der Waals surface area contributed by atoms with Crippen LogP contribution in [-0.4, -0.2) is 20.7 Å². The number of halogens is 1. The van der Waals surface area contributed by atoms with E-state index in [4.69, 9.17) is 16.3 Å². The molecule has 0 saturated heterocycles. The van der Waals surface area contributed by atoms with E-state index in [0.717, 1.165) is 17.1 Å². The number of nitrogens with one attached hydrogen (secondary N) is 1. The van der Waals surface area contributed by atoms with Gasteiger partial charge in [-0.1, -0.05) is 29.3 Å². The SMILES string of the molecule is Cc1ccc(Oc2ccc(NC(=O)c3nc(-n4nc(C)cc4C)ccc3Cl)cc2)cc1. The van der Waals surface area contributed by atoms with Crippen LogP contribution in [0.3, 0.4) is 0 Å². The molecule has 1 N–H and O–H groups in total. The van der Waals surface area contributed by atoms with Gasteiger partial charge in [-0.05, 0) is 75.4 Å². The summed E-state index contributed by atoms with van der Waals surface area (Å²) in [6, 6.07) is 20.2. The van der Waals surface area contributed by atoms with Crippen molar-refractivity contribution in [2.45, 2.75) is 20.8 Å². The Morgan fingerprint density at radius 3 is 2.19 bits per heavy atom. The average molecular weight is 433 g/mol. The number of aryl methyl sites for hydroxylation is 3. The second-order valence-electron chi connectivity index (χ2n) is 7.23. The lowest BCUT2D eigenvalue weighted by Crippen LogP contribution is -2.16. The quantitative estimate of drug-likeness (QED) is 0.427. The van der Waals surface area contributed by atoms with Gasteiger partial charge in [0.1, 0.15) is 17.2 Å². The van der Waals surface area contributed by atoms with Crippen LogP contribution in [0.4, 0.5) is 5.69 Å². The van der Waals surface area contributed by atoms with Gasteiger partial charge >= 0.3 is 0 Å². The molecule has 0 spiro atoms. The monoisotopic (exact) mass is 432 g/mol. The average Bonchev–Trinajstić information content (AvgIpc) is 3.09. The number of amides is 1. The first kappa shape index (κ1) is 20.6. The second-order valence-corrected chi connectivity index (χ2v) is 7.64. The lowest BCUT2D eigenvalue weighted by Gasteiger charge is -2.10. The van der Waals surface area contributed by atoms with E-state index < -0.39 is 5.91 Å². The highest BCUT2D eigenvalue weighted by molar-refractivity contribution is 6.34. The van der Waals surface area contributed by atoms with Crippen molar-refractivity contribution < 1.29 is 9.53 Å². The lowest BCUT2D eigenvalue weighted by molar-refractivity contribution is 0.102. The number of rotatable bonds is 5. The highest BCUT2D eigenvalue weighted by Crippen LogP contribution is 2.24. The third-order valence-electron chi connectivity index (χ3n) is 4.64. The molecule has 0 atom stereocenters. The maximum atomic E-state index is 12.8. The van der Waals surface area contributed by atoms with Gasteiger partial charge in [-0.3, -0.25) is 4.79 Å². The van der Waals surface area contributed by atoms with E-state index in [1.165, 1.54) is 5.56 Å².